The van der Waals surface area contributed by atoms with E-state index >= 15 is 0 Å². The van der Waals surface area contributed by atoms with Crippen molar-refractivity contribution in [3.8, 4) is 0 Å². The maximum Gasteiger partial charge on any atom is 0.0408 e. The third-order valence-corrected chi connectivity index (χ3v) is 5.08. The van der Waals surface area contributed by atoms with Gasteiger partial charge in [-0.1, -0.05) is 51.8 Å². The maximum atomic E-state index is 6.06. The zero-order valence-electron chi connectivity index (χ0n) is 12.0. The smallest absolute Gasteiger partial charge is 0.0408 e. The molecule has 0 aliphatic heterocycles. The second-order valence-electron chi connectivity index (χ2n) is 5.86. The molecule has 21 heavy (non-hydrogen) atoms. The summed E-state index contributed by atoms with van der Waals surface area (Å²) in [6, 6.07) is 17.8. The van der Waals surface area contributed by atoms with E-state index < -0.39 is 0 Å². The minimum atomic E-state index is 0.392. The third-order valence-electron chi connectivity index (χ3n) is 4.31. The van der Waals surface area contributed by atoms with Gasteiger partial charge in [0.1, 0.15) is 0 Å². The minimum absolute atomic E-state index is 0.392. The van der Waals surface area contributed by atoms with Crippen molar-refractivity contribution in [2.75, 3.05) is 0 Å². The maximum absolute atomic E-state index is 6.06. The van der Waals surface area contributed by atoms with E-state index in [4.69, 9.17) is 11.6 Å². The van der Waals surface area contributed by atoms with Crippen molar-refractivity contribution in [2.24, 2.45) is 0 Å². The molecule has 1 atom stereocenters. The molecule has 0 aromatic heterocycles. The van der Waals surface area contributed by atoms with Crippen molar-refractivity contribution in [2.45, 2.75) is 37.8 Å². The molecular formula is C18H19BrClN. The number of hydrogen-bond donors (Lipinski definition) is 1. The van der Waals surface area contributed by atoms with Crippen molar-refractivity contribution in [1.29, 1.82) is 0 Å². The van der Waals surface area contributed by atoms with Crippen molar-refractivity contribution in [3.63, 3.8) is 0 Å². The second kappa shape index (κ2) is 6.51. The Morgan fingerprint density at radius 2 is 1.86 bits per heavy atom. The first kappa shape index (κ1) is 15.1. The van der Waals surface area contributed by atoms with Crippen LogP contribution in [0.4, 0.5) is 0 Å². The fourth-order valence-electron chi connectivity index (χ4n) is 2.99. The number of nitrogens with one attached hydrogen (secondary N) is 1. The van der Waals surface area contributed by atoms with Crippen molar-refractivity contribution >= 4 is 27.5 Å². The molecular weight excluding hydrogens is 346 g/mol. The lowest BCUT2D eigenvalue weighted by atomic mass is 9.75. The zero-order valence-corrected chi connectivity index (χ0v) is 14.4. The van der Waals surface area contributed by atoms with Crippen molar-refractivity contribution in [3.05, 3.63) is 69.2 Å². The van der Waals surface area contributed by atoms with Gasteiger partial charge in [-0.2, -0.15) is 0 Å². The predicted octanol–water partition coefficient (Wildman–Crippen LogP) is 5.70. The molecule has 1 saturated carbocycles. The molecule has 1 aliphatic rings. The van der Waals surface area contributed by atoms with E-state index in [2.05, 4.69) is 64.6 Å². The highest BCUT2D eigenvalue weighted by atomic mass is 79.9. The summed E-state index contributed by atoms with van der Waals surface area (Å²) in [7, 11) is 0. The summed E-state index contributed by atoms with van der Waals surface area (Å²) in [5.74, 6) is 0.651. The number of rotatable bonds is 4. The van der Waals surface area contributed by atoms with Crippen LogP contribution in [0, 0.1) is 0 Å². The van der Waals surface area contributed by atoms with E-state index in [0.29, 0.717) is 18.0 Å². The van der Waals surface area contributed by atoms with Crippen LogP contribution in [0.15, 0.2) is 53.0 Å². The Hall–Kier alpha value is -0.830. The SMILES string of the molecule is C[C@@H](NC1CC(c2cccc(Cl)c2)C1)c1ccc(Br)cc1. The van der Waals surface area contributed by atoms with E-state index in [0.717, 1.165) is 9.50 Å². The molecule has 0 amide bonds. The van der Waals surface area contributed by atoms with Crippen LogP contribution in [0.1, 0.15) is 42.9 Å². The van der Waals surface area contributed by atoms with Crippen LogP contribution < -0.4 is 5.32 Å². The lowest BCUT2D eigenvalue weighted by molar-refractivity contribution is 0.271. The first-order chi connectivity index (χ1) is 10.1. The molecule has 2 aromatic rings. The molecule has 0 unspecified atom stereocenters. The highest BCUT2D eigenvalue weighted by Gasteiger charge is 2.31. The summed E-state index contributed by atoms with van der Waals surface area (Å²) in [5, 5.41) is 4.56. The Morgan fingerprint density at radius 3 is 2.52 bits per heavy atom. The number of halogens is 2. The summed E-state index contributed by atoms with van der Waals surface area (Å²) in [6.07, 6.45) is 2.39. The molecule has 1 nitrogen and oxygen atoms in total. The Balaban J connectivity index is 1.54. The van der Waals surface area contributed by atoms with E-state index in [-0.39, 0.29) is 0 Å². The summed E-state index contributed by atoms with van der Waals surface area (Å²) in [4.78, 5) is 0. The summed E-state index contributed by atoms with van der Waals surface area (Å²) < 4.78 is 1.13. The Bertz CT molecular complexity index is 605. The molecule has 1 fully saturated rings. The van der Waals surface area contributed by atoms with E-state index in [1.807, 2.05) is 12.1 Å². The van der Waals surface area contributed by atoms with Gasteiger partial charge in [-0.05, 0) is 61.1 Å². The Morgan fingerprint density at radius 1 is 1.14 bits per heavy atom. The summed E-state index contributed by atoms with van der Waals surface area (Å²) >= 11 is 9.54. The largest absolute Gasteiger partial charge is 0.307 e. The molecule has 3 heteroatoms. The van der Waals surface area contributed by atoms with E-state index in [1.54, 1.807) is 0 Å². The van der Waals surface area contributed by atoms with Crippen LogP contribution in [-0.4, -0.2) is 6.04 Å². The monoisotopic (exact) mass is 363 g/mol. The predicted molar refractivity (Wildman–Crippen MR) is 92.9 cm³/mol. The Labute approximate surface area is 139 Å². The van der Waals surface area contributed by atoms with Crippen molar-refractivity contribution in [1.82, 2.24) is 5.32 Å². The van der Waals surface area contributed by atoms with Gasteiger partial charge in [0.25, 0.3) is 0 Å². The standard InChI is InChI=1S/C18H19BrClN/c1-12(13-5-7-16(19)8-6-13)21-18-10-15(11-18)14-3-2-4-17(20)9-14/h2-9,12,15,18,21H,10-11H2,1H3/t12-,15?,18?/m1/s1. The molecule has 1 aliphatic carbocycles. The molecule has 110 valence electrons. The molecule has 0 saturated heterocycles. The van der Waals surface area contributed by atoms with Gasteiger partial charge in [0.15, 0.2) is 0 Å². The van der Waals surface area contributed by atoms with Gasteiger partial charge in [-0.25, -0.2) is 0 Å². The van der Waals surface area contributed by atoms with Crippen LogP contribution in [0.5, 0.6) is 0 Å². The van der Waals surface area contributed by atoms with Gasteiger partial charge in [-0.15, -0.1) is 0 Å². The van der Waals surface area contributed by atoms with Crippen LogP contribution in [0.25, 0.3) is 0 Å². The van der Waals surface area contributed by atoms with Gasteiger partial charge < -0.3 is 5.32 Å². The number of benzene rings is 2. The van der Waals surface area contributed by atoms with Gasteiger partial charge in [0.2, 0.25) is 0 Å². The molecule has 0 bridgehead atoms. The van der Waals surface area contributed by atoms with E-state index in [1.165, 1.54) is 24.0 Å². The molecule has 1 N–H and O–H groups in total. The fraction of sp³-hybridized carbons (Fsp3) is 0.333. The molecule has 0 radical (unpaired) electrons. The van der Waals surface area contributed by atoms with E-state index in [9.17, 15) is 0 Å². The van der Waals surface area contributed by atoms with Crippen LogP contribution >= 0.6 is 27.5 Å². The van der Waals surface area contributed by atoms with Crippen LogP contribution in [0.3, 0.4) is 0 Å². The van der Waals surface area contributed by atoms with Gasteiger partial charge in [-0.3, -0.25) is 0 Å². The zero-order chi connectivity index (χ0) is 14.8. The quantitative estimate of drug-likeness (QED) is 0.734. The van der Waals surface area contributed by atoms with Crippen molar-refractivity contribution < 1.29 is 0 Å². The summed E-state index contributed by atoms with van der Waals surface area (Å²) in [6.45, 7) is 2.23. The molecule has 2 aromatic carbocycles. The van der Waals surface area contributed by atoms with Crippen LogP contribution in [0.2, 0.25) is 5.02 Å². The molecule has 0 heterocycles. The fourth-order valence-corrected chi connectivity index (χ4v) is 3.45. The van der Waals surface area contributed by atoms with Gasteiger partial charge in [0, 0.05) is 21.6 Å². The Kier molecular flexibility index (Phi) is 4.68. The molecule has 0 spiro atoms. The first-order valence-electron chi connectivity index (χ1n) is 7.39. The lowest BCUT2D eigenvalue weighted by Crippen LogP contribution is -2.41. The second-order valence-corrected chi connectivity index (χ2v) is 7.21. The average Bonchev–Trinajstić information content (AvgIpc) is 2.43. The first-order valence-corrected chi connectivity index (χ1v) is 8.56. The molecule has 3 rings (SSSR count). The average molecular weight is 365 g/mol. The highest BCUT2D eigenvalue weighted by Crippen LogP contribution is 2.38. The lowest BCUT2D eigenvalue weighted by Gasteiger charge is -2.38. The summed E-state index contributed by atoms with van der Waals surface area (Å²) in [5.41, 5.74) is 2.71. The normalized spacial score (nSPS) is 22.6. The topological polar surface area (TPSA) is 12.0 Å². The highest BCUT2D eigenvalue weighted by molar-refractivity contribution is 9.10. The minimum Gasteiger partial charge on any atom is -0.307 e. The van der Waals surface area contributed by atoms with Crippen LogP contribution in [-0.2, 0) is 0 Å². The van der Waals surface area contributed by atoms with Gasteiger partial charge >= 0.3 is 0 Å². The van der Waals surface area contributed by atoms with Gasteiger partial charge in [0.05, 0.1) is 0 Å². The third kappa shape index (κ3) is 3.68. The number of hydrogen-bond acceptors (Lipinski definition) is 1.